The lowest BCUT2D eigenvalue weighted by atomic mass is 10.1. The van der Waals surface area contributed by atoms with E-state index in [1.54, 1.807) is 0 Å². The van der Waals surface area contributed by atoms with Crippen LogP contribution in [0.2, 0.25) is 0 Å². The molecule has 7 heteroatoms. The van der Waals surface area contributed by atoms with Gasteiger partial charge in [-0.3, -0.25) is 0 Å². The fourth-order valence-corrected chi connectivity index (χ4v) is 1.25. The van der Waals surface area contributed by atoms with Crippen molar-refractivity contribution in [3.63, 3.8) is 0 Å². The van der Waals surface area contributed by atoms with Crippen molar-refractivity contribution in [2.24, 2.45) is 0 Å². The lowest BCUT2D eigenvalue weighted by Gasteiger charge is -2.03. The van der Waals surface area contributed by atoms with Crippen molar-refractivity contribution in [2.45, 2.75) is 51.4 Å². The second kappa shape index (κ2) is 17.9. The van der Waals surface area contributed by atoms with Gasteiger partial charge in [-0.25, -0.2) is 0 Å². The molecule has 0 aliphatic rings. The number of hydrogen-bond donors (Lipinski definition) is 0. The third-order valence-electron chi connectivity index (χ3n) is 2.01. The van der Waals surface area contributed by atoms with Crippen molar-refractivity contribution in [2.75, 3.05) is 0 Å². The summed E-state index contributed by atoms with van der Waals surface area (Å²) in [5.41, 5.74) is 0. The highest BCUT2D eigenvalue weighted by Crippen LogP contribution is 2.07. The zero-order valence-corrected chi connectivity index (χ0v) is 11.2. The van der Waals surface area contributed by atoms with E-state index >= 15 is 0 Å². The van der Waals surface area contributed by atoms with Gasteiger partial charge in [-0.05, 0) is 25.7 Å². The molecule has 0 aliphatic carbocycles. The molecule has 5 nitrogen and oxygen atoms in total. The van der Waals surface area contributed by atoms with E-state index in [1.165, 1.54) is 0 Å². The normalized spacial score (nSPS) is 8.24. The van der Waals surface area contributed by atoms with Crippen LogP contribution in [0.25, 0.3) is 0 Å². The highest BCUT2D eigenvalue weighted by Gasteiger charge is 1.92. The van der Waals surface area contributed by atoms with Crippen LogP contribution in [-0.2, 0) is 9.59 Å². The fraction of sp³-hybridized carbons (Fsp3) is 0.800. The van der Waals surface area contributed by atoms with Crippen LogP contribution in [0.4, 0.5) is 0 Å². The average molecular weight is 291 g/mol. The number of rotatable bonds is 9. The highest BCUT2D eigenvalue weighted by molar-refractivity contribution is 5.85. The molecule has 0 aromatic rings. The minimum absolute atomic E-state index is 0. The molecule has 17 heavy (non-hydrogen) atoms. The molecule has 0 aromatic heterocycles. The maximum atomic E-state index is 10.0. The lowest BCUT2D eigenvalue weighted by molar-refractivity contribution is -0.307. The van der Waals surface area contributed by atoms with Crippen LogP contribution in [0.3, 0.4) is 0 Å². The largest absolute Gasteiger partial charge is 0.550 e. The first-order valence-corrected chi connectivity index (χ1v) is 5.02. The molecule has 0 aliphatic heterocycles. The molecule has 0 heterocycles. The summed E-state index contributed by atoms with van der Waals surface area (Å²) in [5.74, 6) is -2.00. The van der Waals surface area contributed by atoms with Gasteiger partial charge in [0.25, 0.3) is 0 Å². The molecule has 106 valence electrons. The molecule has 0 saturated heterocycles. The van der Waals surface area contributed by atoms with Gasteiger partial charge in [0.15, 0.2) is 0 Å². The van der Waals surface area contributed by atoms with E-state index in [-0.39, 0.29) is 43.1 Å². The highest BCUT2D eigenvalue weighted by atomic mass is 35.5. The Hall–Kier alpha value is -0.520. The second-order valence-corrected chi connectivity index (χ2v) is 3.37. The zero-order chi connectivity index (χ0) is 10.8. The summed E-state index contributed by atoms with van der Waals surface area (Å²) in [6, 6.07) is 0. The number of aliphatic carboxylic acids is 2. The van der Waals surface area contributed by atoms with Crippen LogP contribution in [0, 0.1) is 0 Å². The summed E-state index contributed by atoms with van der Waals surface area (Å²) in [4.78, 5) is 20.1. The fourth-order valence-electron chi connectivity index (χ4n) is 1.25. The summed E-state index contributed by atoms with van der Waals surface area (Å²) in [7, 11) is 0. The van der Waals surface area contributed by atoms with E-state index in [0.717, 1.165) is 25.7 Å². The minimum Gasteiger partial charge on any atom is -0.550 e. The summed E-state index contributed by atoms with van der Waals surface area (Å²) >= 11 is 0. The molecule has 0 bridgehead atoms. The molecule has 0 rings (SSSR count). The van der Waals surface area contributed by atoms with Gasteiger partial charge in [0.05, 0.1) is 0 Å². The molecule has 0 radical (unpaired) electrons. The molecular weight excluding hydrogens is 271 g/mol. The van der Waals surface area contributed by atoms with Gasteiger partial charge in [0.2, 0.25) is 0 Å². The van der Waals surface area contributed by atoms with Crippen LogP contribution in [-0.4, -0.2) is 17.4 Å². The summed E-state index contributed by atoms with van der Waals surface area (Å²) in [6.45, 7) is 0. The Kier molecular flexibility index (Phi) is 26.6. The first-order valence-electron chi connectivity index (χ1n) is 5.02. The Labute approximate surface area is 114 Å². The third kappa shape index (κ3) is 25.6. The number of carboxylic acid groups (broad SMARTS) is 2. The van der Waals surface area contributed by atoms with Crippen LogP contribution >= 0.6 is 24.8 Å². The van der Waals surface area contributed by atoms with Crippen molar-refractivity contribution >= 4 is 36.8 Å². The zero-order valence-electron chi connectivity index (χ0n) is 9.61. The number of unbranched alkanes of at least 4 members (excludes halogenated alkanes) is 5. The van der Waals surface area contributed by atoms with Crippen LogP contribution in [0.1, 0.15) is 51.4 Å². The number of hydrogen-bond acceptors (Lipinski definition) is 4. The van der Waals surface area contributed by atoms with Gasteiger partial charge in [0.1, 0.15) is 0 Å². The van der Waals surface area contributed by atoms with Gasteiger partial charge in [-0.1, -0.05) is 25.7 Å². The Morgan fingerprint density at radius 1 is 0.647 bits per heavy atom. The molecule has 0 aromatic carbocycles. The van der Waals surface area contributed by atoms with Crippen molar-refractivity contribution in [1.82, 2.24) is 0 Å². The first-order chi connectivity index (χ1) is 6.63. The molecule has 0 fully saturated rings. The molecule has 0 unspecified atom stereocenters. The van der Waals surface area contributed by atoms with Crippen LogP contribution < -0.4 is 10.2 Å². The lowest BCUT2D eigenvalue weighted by Crippen LogP contribution is -2.21. The van der Waals surface area contributed by atoms with Crippen LogP contribution in [0.15, 0.2) is 0 Å². The van der Waals surface area contributed by atoms with E-state index in [9.17, 15) is 19.8 Å². The molecule has 2 N–H and O–H groups in total. The predicted octanol–water partition coefficient (Wildman–Crippen LogP) is -0.374. The summed E-state index contributed by atoms with van der Waals surface area (Å²) in [5, 5.41) is 20.1. The van der Waals surface area contributed by atoms with Crippen molar-refractivity contribution < 1.29 is 25.3 Å². The summed E-state index contributed by atoms with van der Waals surface area (Å²) in [6.07, 6.45) is 5.23. The van der Waals surface area contributed by atoms with E-state index in [1.807, 2.05) is 0 Å². The van der Waals surface area contributed by atoms with Gasteiger partial charge < -0.3 is 25.3 Å². The second-order valence-electron chi connectivity index (χ2n) is 3.37. The Morgan fingerprint density at radius 2 is 0.882 bits per heavy atom. The maximum Gasteiger partial charge on any atom is 0.0414 e. The first kappa shape index (κ1) is 25.4. The number of carbonyl (C=O) groups excluding carboxylic acids is 2. The Bertz CT molecular complexity index is 168. The van der Waals surface area contributed by atoms with Gasteiger partial charge in [0, 0.05) is 11.9 Å². The van der Waals surface area contributed by atoms with E-state index < -0.39 is 11.9 Å². The Morgan fingerprint density at radius 3 is 1.12 bits per heavy atom. The van der Waals surface area contributed by atoms with E-state index in [0.29, 0.717) is 12.8 Å². The maximum absolute atomic E-state index is 10.0. The average Bonchev–Trinajstić information content (AvgIpc) is 2.08. The molecule has 0 saturated carbocycles. The van der Waals surface area contributed by atoms with Crippen molar-refractivity contribution in [1.29, 1.82) is 0 Å². The molecular formula is C10H20Cl2O5-2. The molecule has 0 spiro atoms. The van der Waals surface area contributed by atoms with E-state index in [2.05, 4.69) is 0 Å². The SMILES string of the molecule is Cl.Cl.O.O=C([O-])CCCCCCCCC(=O)[O-]. The van der Waals surface area contributed by atoms with E-state index in [4.69, 9.17) is 0 Å². The monoisotopic (exact) mass is 290 g/mol. The van der Waals surface area contributed by atoms with Gasteiger partial charge in [-0.2, -0.15) is 0 Å². The van der Waals surface area contributed by atoms with Crippen LogP contribution in [0.5, 0.6) is 0 Å². The summed E-state index contributed by atoms with van der Waals surface area (Å²) < 4.78 is 0. The predicted molar refractivity (Wildman–Crippen MR) is 65.1 cm³/mol. The topological polar surface area (TPSA) is 112 Å². The van der Waals surface area contributed by atoms with Crippen molar-refractivity contribution in [3.8, 4) is 0 Å². The molecule has 0 amide bonds. The quantitative estimate of drug-likeness (QED) is 0.539. The van der Waals surface area contributed by atoms with Crippen molar-refractivity contribution in [3.05, 3.63) is 0 Å². The minimum atomic E-state index is -0.998. The number of halogens is 2. The van der Waals surface area contributed by atoms with Gasteiger partial charge in [-0.15, -0.1) is 24.8 Å². The molecule has 0 atom stereocenters. The number of carbonyl (C=O) groups is 2. The number of carboxylic acids is 2. The standard InChI is InChI=1S/C10H18O4.2ClH.H2O/c11-9(12)7-5-3-1-2-4-6-8-10(13)14;;;/h1-8H2,(H,11,12)(H,13,14);2*1H;1H2/p-2. The smallest absolute Gasteiger partial charge is 0.0414 e. The van der Waals surface area contributed by atoms with Gasteiger partial charge >= 0.3 is 0 Å². The Balaban J connectivity index is -0.000000282. The third-order valence-corrected chi connectivity index (χ3v) is 2.01.